The van der Waals surface area contributed by atoms with Gasteiger partial charge in [0, 0.05) is 11.6 Å². The second-order valence-electron chi connectivity index (χ2n) is 9.16. The first-order valence-electron chi connectivity index (χ1n) is 13.2. The lowest BCUT2D eigenvalue weighted by atomic mass is 10.1. The van der Waals surface area contributed by atoms with Gasteiger partial charge in [0.25, 0.3) is 15.9 Å². The van der Waals surface area contributed by atoms with E-state index in [-0.39, 0.29) is 22.9 Å². The normalized spacial score (nSPS) is 11.3. The van der Waals surface area contributed by atoms with Crippen molar-refractivity contribution >= 4 is 33.8 Å². The van der Waals surface area contributed by atoms with Gasteiger partial charge in [-0.25, -0.2) is 18.6 Å². The van der Waals surface area contributed by atoms with Crippen LogP contribution in [-0.2, 0) is 19.6 Å². The van der Waals surface area contributed by atoms with E-state index in [4.69, 9.17) is 18.6 Å². The van der Waals surface area contributed by atoms with Crippen molar-refractivity contribution in [2.75, 3.05) is 31.7 Å². The second kappa shape index (κ2) is 13.7. The molecule has 1 aromatic heterocycles. The van der Waals surface area contributed by atoms with Crippen LogP contribution < -0.4 is 19.2 Å². The smallest absolute Gasteiger partial charge is 0.338 e. The Kier molecular flexibility index (Phi) is 9.83. The molecule has 43 heavy (non-hydrogen) atoms. The van der Waals surface area contributed by atoms with Crippen LogP contribution >= 0.6 is 0 Å². The fourth-order valence-corrected chi connectivity index (χ4v) is 5.45. The number of rotatable bonds is 12. The van der Waals surface area contributed by atoms with Crippen LogP contribution in [0.3, 0.4) is 0 Å². The molecule has 1 amide bonds. The first-order chi connectivity index (χ1) is 20.7. The summed E-state index contributed by atoms with van der Waals surface area (Å²) in [5, 5.41) is 3.94. The molecule has 0 spiro atoms. The van der Waals surface area contributed by atoms with Crippen molar-refractivity contribution in [1.29, 1.82) is 0 Å². The number of carbonyl (C=O) groups excluding carboxylic acids is 2. The summed E-state index contributed by atoms with van der Waals surface area (Å²) in [4.78, 5) is 24.9. The van der Waals surface area contributed by atoms with Crippen LogP contribution in [-0.4, -0.2) is 53.9 Å². The van der Waals surface area contributed by atoms with E-state index in [1.807, 2.05) is 6.92 Å². The van der Waals surface area contributed by atoms with Gasteiger partial charge in [-0.3, -0.25) is 9.10 Å². The van der Waals surface area contributed by atoms with Crippen LogP contribution in [0.15, 0.2) is 93.3 Å². The van der Waals surface area contributed by atoms with Crippen LogP contribution in [0, 0.1) is 6.92 Å². The van der Waals surface area contributed by atoms with Gasteiger partial charge in [0.05, 0.1) is 43.2 Å². The van der Waals surface area contributed by atoms with Gasteiger partial charge >= 0.3 is 5.97 Å². The van der Waals surface area contributed by atoms with Gasteiger partial charge in [-0.2, -0.15) is 5.10 Å². The molecule has 0 bridgehead atoms. The standard InChI is InChI=1S/C31H31N3O8S/c1-5-41-31(36)23-10-8-22(9-11-23)28-16-13-25(42-28)19-32-33-30(35)20-34(27-18-24(39-3)12-17-29(27)40-4)43(37,38)26-14-6-21(2)7-15-26/h6-19H,5,20H2,1-4H3,(H,33,35)/b32-19-. The predicted molar refractivity (Wildman–Crippen MR) is 161 cm³/mol. The molecule has 0 radical (unpaired) electrons. The third-order valence-electron chi connectivity index (χ3n) is 6.24. The Morgan fingerprint density at radius 1 is 0.953 bits per heavy atom. The molecule has 0 aliphatic rings. The molecular weight excluding hydrogens is 574 g/mol. The maximum Gasteiger partial charge on any atom is 0.338 e. The largest absolute Gasteiger partial charge is 0.497 e. The minimum atomic E-state index is -4.20. The van der Waals surface area contributed by atoms with Crippen molar-refractivity contribution in [3.8, 4) is 22.8 Å². The van der Waals surface area contributed by atoms with Gasteiger partial charge in [0.1, 0.15) is 29.6 Å². The summed E-state index contributed by atoms with van der Waals surface area (Å²) in [6, 6.07) is 21.0. The number of anilines is 1. The van der Waals surface area contributed by atoms with E-state index in [0.29, 0.717) is 22.8 Å². The van der Waals surface area contributed by atoms with E-state index < -0.39 is 28.4 Å². The number of hydrogen-bond donors (Lipinski definition) is 1. The van der Waals surface area contributed by atoms with Gasteiger partial charge in [0.15, 0.2) is 0 Å². The number of benzene rings is 3. The molecule has 1 N–H and O–H groups in total. The lowest BCUT2D eigenvalue weighted by Gasteiger charge is -2.25. The van der Waals surface area contributed by atoms with E-state index in [1.165, 1.54) is 38.6 Å². The fourth-order valence-electron chi connectivity index (χ4n) is 4.02. The van der Waals surface area contributed by atoms with Gasteiger partial charge in [0.2, 0.25) is 0 Å². The topological polar surface area (TPSA) is 137 Å². The van der Waals surface area contributed by atoms with Crippen molar-refractivity contribution in [1.82, 2.24) is 5.43 Å². The number of esters is 1. The molecule has 1 heterocycles. The number of methoxy groups -OCH3 is 2. The second-order valence-corrected chi connectivity index (χ2v) is 11.0. The highest BCUT2D eigenvalue weighted by Gasteiger charge is 2.30. The Hall–Kier alpha value is -5.10. The average Bonchev–Trinajstić information content (AvgIpc) is 3.49. The molecule has 0 atom stereocenters. The van der Waals surface area contributed by atoms with Crippen molar-refractivity contribution in [3.63, 3.8) is 0 Å². The van der Waals surface area contributed by atoms with E-state index >= 15 is 0 Å². The molecule has 0 unspecified atom stereocenters. The summed E-state index contributed by atoms with van der Waals surface area (Å²) in [7, 11) is -1.35. The van der Waals surface area contributed by atoms with E-state index in [9.17, 15) is 18.0 Å². The van der Waals surface area contributed by atoms with Gasteiger partial charge in [-0.15, -0.1) is 0 Å². The summed E-state index contributed by atoms with van der Waals surface area (Å²) < 4.78 is 49.9. The zero-order valence-electron chi connectivity index (χ0n) is 24.1. The molecule has 3 aromatic carbocycles. The summed E-state index contributed by atoms with van der Waals surface area (Å²) >= 11 is 0. The lowest BCUT2D eigenvalue weighted by molar-refractivity contribution is -0.119. The van der Waals surface area contributed by atoms with Crippen LogP contribution in [0.5, 0.6) is 11.5 Å². The van der Waals surface area contributed by atoms with Crippen LogP contribution in [0.25, 0.3) is 11.3 Å². The van der Waals surface area contributed by atoms with E-state index in [0.717, 1.165) is 15.4 Å². The van der Waals surface area contributed by atoms with Crippen molar-refractivity contribution in [2.24, 2.45) is 5.10 Å². The first-order valence-corrected chi connectivity index (χ1v) is 14.6. The summed E-state index contributed by atoms with van der Waals surface area (Å²) in [6.45, 7) is 3.26. The molecule has 4 rings (SSSR count). The van der Waals surface area contributed by atoms with Crippen molar-refractivity contribution in [2.45, 2.75) is 18.7 Å². The highest BCUT2D eigenvalue weighted by atomic mass is 32.2. The Bertz CT molecular complexity index is 1710. The molecule has 224 valence electrons. The first kappa shape index (κ1) is 30.8. The number of carbonyl (C=O) groups is 2. The van der Waals surface area contributed by atoms with Crippen LogP contribution in [0.1, 0.15) is 28.6 Å². The molecular formula is C31H31N3O8S. The highest BCUT2D eigenvalue weighted by molar-refractivity contribution is 7.92. The third-order valence-corrected chi connectivity index (χ3v) is 8.01. The van der Waals surface area contributed by atoms with E-state index in [1.54, 1.807) is 67.6 Å². The number of amides is 1. The van der Waals surface area contributed by atoms with Crippen LogP contribution in [0.2, 0.25) is 0 Å². The zero-order valence-corrected chi connectivity index (χ0v) is 24.9. The molecule has 4 aromatic rings. The molecule has 12 heteroatoms. The Labute approximate surface area is 249 Å². The molecule has 0 aliphatic carbocycles. The third kappa shape index (κ3) is 7.41. The maximum atomic E-state index is 13.7. The van der Waals surface area contributed by atoms with E-state index in [2.05, 4.69) is 10.5 Å². The number of hydrogen-bond acceptors (Lipinski definition) is 9. The average molecular weight is 606 g/mol. The number of nitrogens with one attached hydrogen (secondary N) is 1. The number of aryl methyl sites for hydroxylation is 1. The molecule has 0 saturated carbocycles. The molecule has 0 saturated heterocycles. The lowest BCUT2D eigenvalue weighted by Crippen LogP contribution is -2.39. The Balaban J connectivity index is 1.52. The van der Waals surface area contributed by atoms with Crippen LogP contribution in [0.4, 0.5) is 5.69 Å². The highest BCUT2D eigenvalue weighted by Crippen LogP contribution is 2.35. The number of furan rings is 1. The number of sulfonamides is 1. The number of hydrazone groups is 1. The Morgan fingerprint density at radius 2 is 1.67 bits per heavy atom. The minimum absolute atomic E-state index is 0.00215. The monoisotopic (exact) mass is 605 g/mol. The number of nitrogens with zero attached hydrogens (tertiary/aromatic N) is 2. The Morgan fingerprint density at radius 3 is 2.33 bits per heavy atom. The minimum Gasteiger partial charge on any atom is -0.497 e. The summed E-state index contributed by atoms with van der Waals surface area (Å²) in [6.07, 6.45) is 1.29. The molecule has 0 fully saturated rings. The summed E-state index contributed by atoms with van der Waals surface area (Å²) in [5.74, 6) is 0.339. The predicted octanol–water partition coefficient (Wildman–Crippen LogP) is 4.79. The van der Waals surface area contributed by atoms with Gasteiger partial charge in [-0.1, -0.05) is 29.8 Å². The fraction of sp³-hybridized carbons (Fsp3) is 0.194. The molecule has 11 nitrogen and oxygen atoms in total. The quantitative estimate of drug-likeness (QED) is 0.138. The summed E-state index contributed by atoms with van der Waals surface area (Å²) in [5.41, 5.74) is 4.50. The molecule has 0 aliphatic heterocycles. The van der Waals surface area contributed by atoms with Crippen molar-refractivity contribution < 1.29 is 36.6 Å². The maximum absolute atomic E-state index is 13.7. The SMILES string of the molecule is CCOC(=O)c1ccc(-c2ccc(/C=N\NC(=O)CN(c3cc(OC)ccc3OC)S(=O)(=O)c3ccc(C)cc3)o2)cc1. The zero-order chi connectivity index (χ0) is 31.0. The number of ether oxygens (including phenoxy) is 3. The van der Waals surface area contributed by atoms with Crippen molar-refractivity contribution in [3.05, 3.63) is 95.7 Å². The van der Waals surface area contributed by atoms with Gasteiger partial charge < -0.3 is 18.6 Å². The van der Waals surface area contributed by atoms with Gasteiger partial charge in [-0.05, 0) is 62.4 Å².